The summed E-state index contributed by atoms with van der Waals surface area (Å²) >= 11 is 6.00. The van der Waals surface area contributed by atoms with Crippen molar-refractivity contribution in [3.63, 3.8) is 0 Å². The Balaban J connectivity index is 1.74. The summed E-state index contributed by atoms with van der Waals surface area (Å²) in [6.07, 6.45) is 4.35. The van der Waals surface area contributed by atoms with E-state index in [-0.39, 0.29) is 5.92 Å². The quantitative estimate of drug-likeness (QED) is 0.909. The molecule has 1 aromatic rings. The van der Waals surface area contributed by atoms with E-state index in [1.165, 1.54) is 19.3 Å². The van der Waals surface area contributed by atoms with Gasteiger partial charge in [-0.3, -0.25) is 0 Å². The average molecular weight is 296 g/mol. The third kappa shape index (κ3) is 3.11. The summed E-state index contributed by atoms with van der Waals surface area (Å²) in [6, 6.07) is 5.54. The van der Waals surface area contributed by atoms with Crippen LogP contribution in [0.15, 0.2) is 18.2 Å². The minimum absolute atomic E-state index is 0.246. The standard InChI is InChI=1S/C16H22ClNO2/c17-13-4-5-14-15(10-13)20-9-6-12(16(14)19)11-18-7-2-1-3-8-18/h4-5,10,12,16,19H,1-3,6-9,11H2. The van der Waals surface area contributed by atoms with Crippen LogP contribution < -0.4 is 4.74 Å². The van der Waals surface area contributed by atoms with Gasteiger partial charge in [-0.1, -0.05) is 24.1 Å². The van der Waals surface area contributed by atoms with Crippen molar-refractivity contribution in [3.8, 4) is 5.75 Å². The first-order valence-electron chi connectivity index (χ1n) is 7.57. The zero-order chi connectivity index (χ0) is 13.9. The monoisotopic (exact) mass is 295 g/mol. The van der Waals surface area contributed by atoms with Gasteiger partial charge in [0.25, 0.3) is 0 Å². The summed E-state index contributed by atoms with van der Waals surface area (Å²) in [5.74, 6) is 0.988. The van der Waals surface area contributed by atoms with Crippen molar-refractivity contribution in [1.29, 1.82) is 0 Å². The smallest absolute Gasteiger partial charge is 0.126 e. The fourth-order valence-electron chi connectivity index (χ4n) is 3.27. The molecule has 0 amide bonds. The maximum absolute atomic E-state index is 10.7. The lowest BCUT2D eigenvalue weighted by Gasteiger charge is -2.31. The third-order valence-electron chi connectivity index (χ3n) is 4.43. The maximum Gasteiger partial charge on any atom is 0.126 e. The Morgan fingerprint density at radius 2 is 2.05 bits per heavy atom. The van der Waals surface area contributed by atoms with Gasteiger partial charge in [-0.05, 0) is 44.5 Å². The molecule has 2 aliphatic heterocycles. The van der Waals surface area contributed by atoms with Gasteiger partial charge >= 0.3 is 0 Å². The van der Waals surface area contributed by atoms with E-state index in [0.717, 1.165) is 37.4 Å². The van der Waals surface area contributed by atoms with Gasteiger partial charge in [-0.15, -0.1) is 0 Å². The van der Waals surface area contributed by atoms with E-state index in [4.69, 9.17) is 16.3 Å². The molecule has 20 heavy (non-hydrogen) atoms. The largest absolute Gasteiger partial charge is 0.493 e. The van der Waals surface area contributed by atoms with E-state index in [2.05, 4.69) is 4.90 Å². The maximum atomic E-state index is 10.7. The van der Waals surface area contributed by atoms with Crippen molar-refractivity contribution >= 4 is 11.6 Å². The van der Waals surface area contributed by atoms with Crippen LogP contribution in [-0.4, -0.2) is 36.2 Å². The molecule has 1 saturated heterocycles. The van der Waals surface area contributed by atoms with Crippen molar-refractivity contribution in [1.82, 2.24) is 4.90 Å². The number of piperidine rings is 1. The summed E-state index contributed by atoms with van der Waals surface area (Å²) in [5, 5.41) is 11.3. The number of rotatable bonds is 2. The first kappa shape index (κ1) is 14.2. The van der Waals surface area contributed by atoms with Crippen LogP contribution in [0.25, 0.3) is 0 Å². The van der Waals surface area contributed by atoms with Crippen molar-refractivity contribution in [2.45, 2.75) is 31.8 Å². The minimum atomic E-state index is -0.452. The molecule has 0 aromatic heterocycles. The van der Waals surface area contributed by atoms with E-state index in [0.29, 0.717) is 11.6 Å². The lowest BCUT2D eigenvalue weighted by Crippen LogP contribution is -2.36. The minimum Gasteiger partial charge on any atom is -0.493 e. The lowest BCUT2D eigenvalue weighted by atomic mass is 9.92. The second kappa shape index (κ2) is 6.33. The SMILES string of the molecule is OC1c2ccc(Cl)cc2OCCC1CN1CCCCC1. The predicted molar refractivity (Wildman–Crippen MR) is 80.3 cm³/mol. The Hall–Kier alpha value is -0.770. The van der Waals surface area contributed by atoms with Gasteiger partial charge in [0.2, 0.25) is 0 Å². The molecular formula is C16H22ClNO2. The molecule has 2 atom stereocenters. The van der Waals surface area contributed by atoms with Crippen LogP contribution in [0.4, 0.5) is 0 Å². The second-order valence-electron chi connectivity index (χ2n) is 5.89. The molecule has 3 rings (SSSR count). The number of aliphatic hydroxyl groups excluding tert-OH is 1. The molecule has 1 fully saturated rings. The lowest BCUT2D eigenvalue weighted by molar-refractivity contribution is 0.0691. The number of ether oxygens (including phenoxy) is 1. The molecule has 2 heterocycles. The van der Waals surface area contributed by atoms with Gasteiger partial charge < -0.3 is 14.7 Å². The Kier molecular flexibility index (Phi) is 4.49. The van der Waals surface area contributed by atoms with E-state index in [1.807, 2.05) is 18.2 Å². The van der Waals surface area contributed by atoms with Gasteiger partial charge in [0, 0.05) is 23.0 Å². The fraction of sp³-hybridized carbons (Fsp3) is 0.625. The molecule has 0 aliphatic carbocycles. The van der Waals surface area contributed by atoms with E-state index < -0.39 is 6.10 Å². The Bertz CT molecular complexity index is 460. The molecule has 0 spiro atoms. The number of nitrogens with zero attached hydrogens (tertiary/aromatic N) is 1. The fourth-order valence-corrected chi connectivity index (χ4v) is 3.44. The van der Waals surface area contributed by atoms with E-state index in [9.17, 15) is 5.11 Å². The number of hydrogen-bond acceptors (Lipinski definition) is 3. The van der Waals surface area contributed by atoms with Crippen LogP contribution in [-0.2, 0) is 0 Å². The summed E-state index contributed by atoms with van der Waals surface area (Å²) < 4.78 is 5.76. The van der Waals surface area contributed by atoms with Gasteiger partial charge in [0.15, 0.2) is 0 Å². The Labute approximate surface area is 125 Å². The molecule has 0 radical (unpaired) electrons. The summed E-state index contributed by atoms with van der Waals surface area (Å²) in [5.41, 5.74) is 0.883. The zero-order valence-electron chi connectivity index (χ0n) is 11.7. The summed E-state index contributed by atoms with van der Waals surface area (Å²) in [7, 11) is 0. The van der Waals surface area contributed by atoms with E-state index in [1.54, 1.807) is 0 Å². The number of aliphatic hydroxyl groups is 1. The normalized spacial score (nSPS) is 27.5. The molecule has 1 aromatic carbocycles. The molecule has 110 valence electrons. The van der Waals surface area contributed by atoms with Crippen molar-refractivity contribution < 1.29 is 9.84 Å². The van der Waals surface area contributed by atoms with Gasteiger partial charge in [0.05, 0.1) is 12.7 Å². The van der Waals surface area contributed by atoms with E-state index >= 15 is 0 Å². The highest BCUT2D eigenvalue weighted by atomic mass is 35.5. The topological polar surface area (TPSA) is 32.7 Å². The summed E-state index contributed by atoms with van der Waals surface area (Å²) in [6.45, 7) is 3.95. The number of benzene rings is 1. The van der Waals surface area contributed by atoms with Gasteiger partial charge in [-0.25, -0.2) is 0 Å². The number of likely N-dealkylation sites (tertiary alicyclic amines) is 1. The van der Waals surface area contributed by atoms with Crippen LogP contribution in [0, 0.1) is 5.92 Å². The highest BCUT2D eigenvalue weighted by Gasteiger charge is 2.29. The van der Waals surface area contributed by atoms with Crippen molar-refractivity contribution in [3.05, 3.63) is 28.8 Å². The molecular weight excluding hydrogens is 274 g/mol. The molecule has 2 unspecified atom stereocenters. The van der Waals surface area contributed by atoms with Gasteiger partial charge in [-0.2, -0.15) is 0 Å². The van der Waals surface area contributed by atoms with Crippen molar-refractivity contribution in [2.75, 3.05) is 26.2 Å². The number of halogens is 1. The third-order valence-corrected chi connectivity index (χ3v) is 4.66. The first-order chi connectivity index (χ1) is 9.74. The zero-order valence-corrected chi connectivity index (χ0v) is 12.5. The molecule has 0 bridgehead atoms. The highest BCUT2D eigenvalue weighted by Crippen LogP contribution is 2.37. The first-order valence-corrected chi connectivity index (χ1v) is 7.94. The van der Waals surface area contributed by atoms with Crippen LogP contribution in [0.3, 0.4) is 0 Å². The second-order valence-corrected chi connectivity index (χ2v) is 6.32. The van der Waals surface area contributed by atoms with Crippen LogP contribution in [0.1, 0.15) is 37.4 Å². The molecule has 4 heteroatoms. The van der Waals surface area contributed by atoms with Crippen LogP contribution >= 0.6 is 11.6 Å². The molecule has 0 saturated carbocycles. The van der Waals surface area contributed by atoms with Gasteiger partial charge in [0.1, 0.15) is 5.75 Å². The number of fused-ring (bicyclic) bond motifs is 1. The Morgan fingerprint density at radius 1 is 1.25 bits per heavy atom. The molecule has 1 N–H and O–H groups in total. The molecule has 3 nitrogen and oxygen atoms in total. The highest BCUT2D eigenvalue weighted by molar-refractivity contribution is 6.30. The average Bonchev–Trinajstić information content (AvgIpc) is 2.60. The van der Waals surface area contributed by atoms with Crippen LogP contribution in [0.5, 0.6) is 5.75 Å². The molecule has 2 aliphatic rings. The summed E-state index contributed by atoms with van der Waals surface area (Å²) in [4.78, 5) is 2.48. The van der Waals surface area contributed by atoms with Crippen molar-refractivity contribution in [2.24, 2.45) is 5.92 Å². The van der Waals surface area contributed by atoms with Crippen LogP contribution in [0.2, 0.25) is 5.02 Å². The number of hydrogen-bond donors (Lipinski definition) is 1. The predicted octanol–water partition coefficient (Wildman–Crippen LogP) is 3.26. The Morgan fingerprint density at radius 3 is 2.85 bits per heavy atom.